The van der Waals surface area contributed by atoms with Crippen molar-refractivity contribution in [2.75, 3.05) is 0 Å². The van der Waals surface area contributed by atoms with Crippen molar-refractivity contribution in [3.63, 3.8) is 0 Å². The molecule has 6 rings (SSSR count). The number of ether oxygens (including phenoxy) is 2. The molecule has 0 aliphatic heterocycles. The van der Waals surface area contributed by atoms with E-state index in [-0.39, 0.29) is 29.9 Å². The van der Waals surface area contributed by atoms with E-state index in [9.17, 15) is 22.8 Å². The van der Waals surface area contributed by atoms with E-state index in [1.54, 1.807) is 82.4 Å². The van der Waals surface area contributed by atoms with E-state index in [0.717, 1.165) is 0 Å². The van der Waals surface area contributed by atoms with Gasteiger partial charge in [0.05, 0.1) is 16.9 Å². The molecule has 1 aliphatic rings. The Labute approximate surface area is 262 Å². The topological polar surface area (TPSA) is 109 Å². The lowest BCUT2D eigenvalue weighted by Gasteiger charge is -2.26. The summed E-state index contributed by atoms with van der Waals surface area (Å²) in [4.78, 5) is 34.2. The molecule has 1 unspecified atom stereocenters. The molecule has 0 saturated heterocycles. The Hall–Kier alpha value is -5.00. The number of carbonyl (C=O) groups is 2. The Balaban J connectivity index is 1.30. The van der Waals surface area contributed by atoms with Crippen LogP contribution in [0.15, 0.2) is 65.2 Å². The van der Waals surface area contributed by atoms with Crippen LogP contribution in [0.3, 0.4) is 0 Å². The fraction of sp³-hybridized carbons (Fsp3) is 0.324. The lowest BCUT2D eigenvalue weighted by Crippen LogP contribution is -2.23. The SMILES string of the molecule is Cc1nc2ncc(CC(=O)c3cccc(-n4nc(C(F)(F)F)c5c4C(Oc4ccc(C(=O)OC(C)(C)C)cc4)CCC5)c3)cc2o1. The molecule has 0 spiro atoms. The third-order valence-corrected chi connectivity index (χ3v) is 7.44. The van der Waals surface area contributed by atoms with Crippen molar-refractivity contribution in [2.24, 2.45) is 0 Å². The minimum absolute atomic E-state index is 0.00217. The third-order valence-electron chi connectivity index (χ3n) is 7.44. The summed E-state index contributed by atoms with van der Waals surface area (Å²) >= 11 is 0. The number of pyridine rings is 1. The Morgan fingerprint density at radius 1 is 1.04 bits per heavy atom. The number of benzene rings is 2. The summed E-state index contributed by atoms with van der Waals surface area (Å²) in [7, 11) is 0. The Morgan fingerprint density at radius 3 is 2.52 bits per heavy atom. The van der Waals surface area contributed by atoms with Gasteiger partial charge in [0.1, 0.15) is 17.5 Å². The summed E-state index contributed by atoms with van der Waals surface area (Å²) in [5.41, 5.74) is 1.13. The molecule has 46 heavy (non-hydrogen) atoms. The summed E-state index contributed by atoms with van der Waals surface area (Å²) in [5.74, 6) is 0.0860. The number of hydrogen-bond donors (Lipinski definition) is 0. The first kappa shape index (κ1) is 31.0. The van der Waals surface area contributed by atoms with E-state index in [1.807, 2.05) is 0 Å². The largest absolute Gasteiger partial charge is 0.484 e. The van der Waals surface area contributed by atoms with Crippen LogP contribution < -0.4 is 4.74 Å². The first-order chi connectivity index (χ1) is 21.7. The number of carbonyl (C=O) groups excluding carboxylic acids is 2. The summed E-state index contributed by atoms with van der Waals surface area (Å²) in [5, 5.41) is 4.03. The van der Waals surface area contributed by atoms with Gasteiger partial charge in [0.2, 0.25) is 0 Å². The van der Waals surface area contributed by atoms with Crippen molar-refractivity contribution >= 4 is 23.0 Å². The molecule has 5 aromatic rings. The van der Waals surface area contributed by atoms with Gasteiger partial charge in [0.25, 0.3) is 0 Å². The van der Waals surface area contributed by atoms with Crippen molar-refractivity contribution < 1.29 is 36.7 Å². The molecule has 0 fully saturated rings. The van der Waals surface area contributed by atoms with Gasteiger partial charge in [0, 0.05) is 30.7 Å². The van der Waals surface area contributed by atoms with Crippen molar-refractivity contribution in [2.45, 2.75) is 71.3 Å². The molecule has 3 heterocycles. The second-order valence-electron chi connectivity index (χ2n) is 12.2. The smallest absolute Gasteiger partial charge is 0.435 e. The Bertz CT molecular complexity index is 1940. The van der Waals surface area contributed by atoms with Crippen LogP contribution in [-0.2, 0) is 23.8 Å². The van der Waals surface area contributed by atoms with Gasteiger partial charge in [-0.15, -0.1) is 0 Å². The molecule has 12 heteroatoms. The zero-order valence-electron chi connectivity index (χ0n) is 25.6. The number of nitrogens with zero attached hydrogens (tertiary/aromatic N) is 4. The number of rotatable bonds is 7. The van der Waals surface area contributed by atoms with Crippen molar-refractivity contribution in [3.05, 3.63) is 100 Å². The minimum atomic E-state index is -4.69. The molecule has 238 valence electrons. The van der Waals surface area contributed by atoms with Gasteiger partial charge in [-0.2, -0.15) is 23.3 Å². The zero-order valence-corrected chi connectivity index (χ0v) is 25.6. The number of fused-ring (bicyclic) bond motifs is 2. The molecular weight excluding hydrogens is 601 g/mol. The number of esters is 1. The van der Waals surface area contributed by atoms with Gasteiger partial charge in [-0.05, 0) is 88.1 Å². The average Bonchev–Trinajstić information content (AvgIpc) is 3.57. The van der Waals surface area contributed by atoms with Crippen molar-refractivity contribution in [1.29, 1.82) is 0 Å². The van der Waals surface area contributed by atoms with Crippen LogP contribution in [0.2, 0.25) is 0 Å². The molecule has 9 nitrogen and oxygen atoms in total. The second kappa shape index (κ2) is 11.7. The molecule has 0 saturated carbocycles. The normalized spacial score (nSPS) is 15.1. The van der Waals surface area contributed by atoms with Crippen LogP contribution in [0.5, 0.6) is 5.75 Å². The van der Waals surface area contributed by atoms with Crippen LogP contribution in [-0.4, -0.2) is 37.1 Å². The number of oxazole rings is 1. The molecule has 0 bridgehead atoms. The number of aryl methyl sites for hydroxylation is 1. The number of aromatic nitrogens is 4. The van der Waals surface area contributed by atoms with Crippen LogP contribution in [0, 0.1) is 6.92 Å². The van der Waals surface area contributed by atoms with Crippen LogP contribution in [0.1, 0.15) is 88.8 Å². The highest BCUT2D eigenvalue weighted by molar-refractivity contribution is 5.98. The molecule has 1 atom stereocenters. The summed E-state index contributed by atoms with van der Waals surface area (Å²) in [6.07, 6.45) is -2.82. The van der Waals surface area contributed by atoms with Gasteiger partial charge < -0.3 is 13.9 Å². The lowest BCUT2D eigenvalue weighted by molar-refractivity contribution is -0.142. The molecular formula is C34H31F3N4O5. The average molecular weight is 633 g/mol. The van der Waals surface area contributed by atoms with E-state index in [0.29, 0.717) is 58.1 Å². The number of alkyl halides is 3. The van der Waals surface area contributed by atoms with E-state index >= 15 is 0 Å². The van der Waals surface area contributed by atoms with E-state index < -0.39 is 29.5 Å². The predicted molar refractivity (Wildman–Crippen MR) is 161 cm³/mol. The first-order valence-corrected chi connectivity index (χ1v) is 14.8. The van der Waals surface area contributed by atoms with E-state index in [1.165, 1.54) is 10.7 Å². The predicted octanol–water partition coefficient (Wildman–Crippen LogP) is 7.57. The summed E-state index contributed by atoms with van der Waals surface area (Å²) in [6, 6.07) is 14.3. The van der Waals surface area contributed by atoms with E-state index in [4.69, 9.17) is 13.9 Å². The third kappa shape index (κ3) is 6.51. The fourth-order valence-electron chi connectivity index (χ4n) is 5.51. The maximum atomic E-state index is 14.2. The van der Waals surface area contributed by atoms with Crippen LogP contribution in [0.25, 0.3) is 16.9 Å². The summed E-state index contributed by atoms with van der Waals surface area (Å²) < 4.78 is 61.1. The van der Waals surface area contributed by atoms with Crippen LogP contribution in [0.4, 0.5) is 13.2 Å². The maximum Gasteiger partial charge on any atom is 0.435 e. The quantitative estimate of drug-likeness (QED) is 0.134. The van der Waals surface area contributed by atoms with Crippen LogP contribution >= 0.6 is 0 Å². The Morgan fingerprint density at radius 2 is 1.80 bits per heavy atom. The molecule has 2 aromatic carbocycles. The monoisotopic (exact) mass is 632 g/mol. The number of halogens is 3. The highest BCUT2D eigenvalue weighted by Crippen LogP contribution is 2.42. The first-order valence-electron chi connectivity index (χ1n) is 14.8. The standard InChI is InChI=1S/C34H31F3N4O5/c1-19-39-31-28(44-19)16-20(18-38-31)15-26(42)22-7-5-8-23(17-22)41-29-25(30(40-41)34(35,36)37)9-6-10-27(29)45-24-13-11-21(12-14-24)32(43)46-33(2,3)4/h5,7-8,11-14,16-18,27H,6,9-10,15H2,1-4H3. The lowest BCUT2D eigenvalue weighted by atomic mass is 9.92. The summed E-state index contributed by atoms with van der Waals surface area (Å²) in [6.45, 7) is 7.01. The van der Waals surface area contributed by atoms with Crippen molar-refractivity contribution in [1.82, 2.24) is 19.7 Å². The highest BCUT2D eigenvalue weighted by atomic mass is 19.4. The van der Waals surface area contributed by atoms with Crippen molar-refractivity contribution in [3.8, 4) is 11.4 Å². The Kier molecular flexibility index (Phi) is 7.91. The minimum Gasteiger partial charge on any atom is -0.484 e. The molecule has 0 radical (unpaired) electrons. The van der Waals surface area contributed by atoms with Gasteiger partial charge >= 0.3 is 12.1 Å². The molecule has 1 aliphatic carbocycles. The number of ketones is 1. The van der Waals surface area contributed by atoms with Gasteiger partial charge in [0.15, 0.2) is 28.6 Å². The molecule has 3 aromatic heterocycles. The fourth-order valence-corrected chi connectivity index (χ4v) is 5.51. The maximum absolute atomic E-state index is 14.2. The molecule has 0 N–H and O–H groups in total. The van der Waals surface area contributed by atoms with Gasteiger partial charge in [-0.1, -0.05) is 12.1 Å². The second-order valence-corrected chi connectivity index (χ2v) is 12.2. The number of hydrogen-bond acceptors (Lipinski definition) is 8. The van der Waals surface area contributed by atoms with Gasteiger partial charge in [-0.3, -0.25) is 4.79 Å². The zero-order chi connectivity index (χ0) is 32.8. The van der Waals surface area contributed by atoms with Gasteiger partial charge in [-0.25, -0.2) is 14.5 Å². The highest BCUT2D eigenvalue weighted by Gasteiger charge is 2.42. The molecule has 0 amide bonds. The van der Waals surface area contributed by atoms with E-state index in [2.05, 4.69) is 15.1 Å². The number of Topliss-reactive ketones (excluding diaryl/α,β-unsaturated/α-hetero) is 1.